The van der Waals surface area contributed by atoms with Crippen LogP contribution in [0, 0.1) is 5.82 Å². The van der Waals surface area contributed by atoms with Gasteiger partial charge >= 0.3 is 0 Å². The van der Waals surface area contributed by atoms with Crippen LogP contribution in [0.25, 0.3) is 0 Å². The second kappa shape index (κ2) is 5.82. The van der Waals surface area contributed by atoms with Crippen LogP contribution in [0.3, 0.4) is 0 Å². The number of amides is 1. The van der Waals surface area contributed by atoms with Gasteiger partial charge in [0.05, 0.1) is 6.42 Å². The van der Waals surface area contributed by atoms with E-state index in [1.807, 2.05) is 0 Å². The number of carbonyl (C=O) groups excluding carboxylic acids is 1. The molecule has 1 N–H and O–H groups in total. The lowest BCUT2D eigenvalue weighted by Crippen LogP contribution is -2.28. The van der Waals surface area contributed by atoms with E-state index in [-0.39, 0.29) is 30.1 Å². The molecule has 0 spiro atoms. The number of benzene rings is 1. The highest BCUT2D eigenvalue weighted by atomic mass is 35.5. The molecule has 2 aromatic rings. The van der Waals surface area contributed by atoms with Crippen LogP contribution in [0.1, 0.15) is 23.5 Å². The molecule has 1 aliphatic rings. The molecule has 108 valence electrons. The van der Waals surface area contributed by atoms with Gasteiger partial charge in [0.25, 0.3) is 0 Å². The molecule has 1 amide bonds. The van der Waals surface area contributed by atoms with Gasteiger partial charge in [-0.25, -0.2) is 9.37 Å². The first-order valence-electron chi connectivity index (χ1n) is 6.77. The fourth-order valence-corrected chi connectivity index (χ4v) is 2.50. The molecule has 2 atom stereocenters. The molecule has 5 heteroatoms. The predicted octanol–water partition coefficient (Wildman–Crippen LogP) is 3.09. The van der Waals surface area contributed by atoms with E-state index in [1.54, 1.807) is 30.5 Å². The van der Waals surface area contributed by atoms with Crippen molar-refractivity contribution in [1.29, 1.82) is 0 Å². The number of hydrogen-bond donors (Lipinski definition) is 1. The third-order valence-electron chi connectivity index (χ3n) is 3.59. The summed E-state index contributed by atoms with van der Waals surface area (Å²) in [6.45, 7) is 0. The minimum absolute atomic E-state index is 0.0336. The summed E-state index contributed by atoms with van der Waals surface area (Å²) in [6, 6.07) is 10.0. The lowest BCUT2D eigenvalue weighted by molar-refractivity contribution is -0.120. The number of rotatable bonds is 4. The molecule has 0 aliphatic heterocycles. The van der Waals surface area contributed by atoms with Gasteiger partial charge in [0, 0.05) is 18.2 Å². The molecular formula is C16H14ClFN2O. The van der Waals surface area contributed by atoms with E-state index in [0.717, 1.165) is 17.5 Å². The highest BCUT2D eigenvalue weighted by Crippen LogP contribution is 2.40. The average Bonchev–Trinajstić information content (AvgIpc) is 3.21. The van der Waals surface area contributed by atoms with Gasteiger partial charge in [-0.1, -0.05) is 29.8 Å². The number of aromatic nitrogens is 1. The molecule has 1 heterocycles. The fourth-order valence-electron chi connectivity index (χ4n) is 2.39. The molecule has 1 fully saturated rings. The number of halogens is 2. The third-order valence-corrected chi connectivity index (χ3v) is 3.81. The molecule has 0 radical (unpaired) electrons. The van der Waals surface area contributed by atoms with E-state index >= 15 is 0 Å². The van der Waals surface area contributed by atoms with Gasteiger partial charge in [0.1, 0.15) is 11.0 Å². The Kier molecular flexibility index (Phi) is 3.88. The number of pyridine rings is 1. The van der Waals surface area contributed by atoms with Crippen molar-refractivity contribution in [3.63, 3.8) is 0 Å². The van der Waals surface area contributed by atoms with Crippen molar-refractivity contribution in [2.24, 2.45) is 0 Å². The van der Waals surface area contributed by atoms with Gasteiger partial charge in [-0.05, 0) is 35.7 Å². The van der Waals surface area contributed by atoms with Gasteiger partial charge < -0.3 is 5.32 Å². The maximum atomic E-state index is 12.9. The van der Waals surface area contributed by atoms with Crippen LogP contribution in [0.5, 0.6) is 0 Å². The summed E-state index contributed by atoms with van der Waals surface area (Å²) < 4.78 is 12.9. The van der Waals surface area contributed by atoms with Crippen LogP contribution in [0.15, 0.2) is 42.6 Å². The van der Waals surface area contributed by atoms with Crippen molar-refractivity contribution >= 4 is 17.5 Å². The molecule has 2 unspecified atom stereocenters. The highest BCUT2D eigenvalue weighted by molar-refractivity contribution is 6.29. The Bertz CT molecular complexity index is 642. The molecule has 1 aromatic heterocycles. The average molecular weight is 305 g/mol. The minimum Gasteiger partial charge on any atom is -0.352 e. The van der Waals surface area contributed by atoms with Crippen molar-refractivity contribution < 1.29 is 9.18 Å². The normalized spacial score (nSPS) is 20.1. The van der Waals surface area contributed by atoms with Gasteiger partial charge in [0.15, 0.2) is 0 Å². The topological polar surface area (TPSA) is 42.0 Å². The molecular weight excluding hydrogens is 291 g/mol. The predicted molar refractivity (Wildman–Crippen MR) is 78.6 cm³/mol. The lowest BCUT2D eigenvalue weighted by atomic mass is 10.1. The van der Waals surface area contributed by atoms with Crippen LogP contribution >= 0.6 is 11.6 Å². The Morgan fingerprint density at radius 2 is 2.05 bits per heavy atom. The van der Waals surface area contributed by atoms with Gasteiger partial charge in [-0.2, -0.15) is 0 Å². The van der Waals surface area contributed by atoms with Gasteiger partial charge in [0.2, 0.25) is 5.91 Å². The van der Waals surface area contributed by atoms with E-state index in [0.29, 0.717) is 5.15 Å². The zero-order chi connectivity index (χ0) is 14.8. The molecule has 1 aliphatic carbocycles. The fraction of sp³-hybridized carbons (Fsp3) is 0.250. The van der Waals surface area contributed by atoms with Crippen LogP contribution in [-0.4, -0.2) is 16.9 Å². The van der Waals surface area contributed by atoms with Gasteiger partial charge in [-0.15, -0.1) is 0 Å². The largest absolute Gasteiger partial charge is 0.352 e. The second-order valence-electron chi connectivity index (χ2n) is 5.23. The van der Waals surface area contributed by atoms with E-state index in [2.05, 4.69) is 10.3 Å². The monoisotopic (exact) mass is 304 g/mol. The van der Waals surface area contributed by atoms with Crippen molar-refractivity contribution in [3.8, 4) is 0 Å². The van der Waals surface area contributed by atoms with Crippen molar-refractivity contribution in [2.75, 3.05) is 0 Å². The summed E-state index contributed by atoms with van der Waals surface area (Å²) in [4.78, 5) is 15.9. The molecule has 0 saturated heterocycles. The Hall–Kier alpha value is -1.94. The minimum atomic E-state index is -0.241. The first-order valence-corrected chi connectivity index (χ1v) is 7.15. The molecule has 21 heavy (non-hydrogen) atoms. The van der Waals surface area contributed by atoms with Gasteiger partial charge in [-0.3, -0.25) is 4.79 Å². The molecule has 1 aromatic carbocycles. The number of nitrogens with one attached hydrogen (secondary N) is 1. The Balaban J connectivity index is 1.52. The number of hydrogen-bond acceptors (Lipinski definition) is 2. The van der Waals surface area contributed by atoms with E-state index < -0.39 is 0 Å². The SMILES string of the molecule is O=C(Cc1ccc(Cl)nc1)NC1CC1c1ccc(F)cc1. The second-order valence-corrected chi connectivity index (χ2v) is 5.62. The van der Waals surface area contributed by atoms with E-state index in [1.165, 1.54) is 12.1 Å². The number of carbonyl (C=O) groups is 1. The molecule has 0 bridgehead atoms. The molecule has 3 nitrogen and oxygen atoms in total. The van der Waals surface area contributed by atoms with Crippen molar-refractivity contribution in [2.45, 2.75) is 24.8 Å². The summed E-state index contributed by atoms with van der Waals surface area (Å²) in [5.74, 6) is 0.0156. The lowest BCUT2D eigenvalue weighted by Gasteiger charge is -2.05. The van der Waals surface area contributed by atoms with E-state index in [4.69, 9.17) is 11.6 Å². The van der Waals surface area contributed by atoms with Crippen LogP contribution in [0.2, 0.25) is 5.15 Å². The summed E-state index contributed by atoms with van der Waals surface area (Å²) in [5, 5.41) is 3.40. The zero-order valence-electron chi connectivity index (χ0n) is 11.2. The highest BCUT2D eigenvalue weighted by Gasteiger charge is 2.39. The summed E-state index contributed by atoms with van der Waals surface area (Å²) in [5.41, 5.74) is 1.89. The summed E-state index contributed by atoms with van der Waals surface area (Å²) in [6.07, 6.45) is 2.79. The Morgan fingerprint density at radius 3 is 2.71 bits per heavy atom. The molecule has 3 rings (SSSR count). The van der Waals surface area contributed by atoms with Crippen LogP contribution in [-0.2, 0) is 11.2 Å². The van der Waals surface area contributed by atoms with Crippen LogP contribution < -0.4 is 5.32 Å². The third kappa shape index (κ3) is 3.58. The molecule has 1 saturated carbocycles. The van der Waals surface area contributed by atoms with Crippen LogP contribution in [0.4, 0.5) is 4.39 Å². The standard InChI is InChI=1S/C16H14ClFN2O/c17-15-6-1-10(9-19-15)7-16(21)20-14-8-13(14)11-2-4-12(18)5-3-11/h1-6,9,13-14H,7-8H2,(H,20,21). The van der Waals surface area contributed by atoms with Crippen molar-refractivity contribution in [1.82, 2.24) is 10.3 Å². The smallest absolute Gasteiger partial charge is 0.224 e. The maximum absolute atomic E-state index is 12.9. The first kappa shape index (κ1) is 14.0. The quantitative estimate of drug-likeness (QED) is 0.882. The Morgan fingerprint density at radius 1 is 1.29 bits per heavy atom. The number of nitrogens with zero attached hydrogens (tertiary/aromatic N) is 1. The zero-order valence-corrected chi connectivity index (χ0v) is 12.0. The summed E-state index contributed by atoms with van der Waals surface area (Å²) in [7, 11) is 0. The first-order chi connectivity index (χ1) is 10.1. The van der Waals surface area contributed by atoms with E-state index in [9.17, 15) is 9.18 Å². The Labute approximate surface area is 127 Å². The maximum Gasteiger partial charge on any atom is 0.224 e. The summed E-state index contributed by atoms with van der Waals surface area (Å²) >= 11 is 5.70. The van der Waals surface area contributed by atoms with Crippen molar-refractivity contribution in [3.05, 3.63) is 64.7 Å².